The van der Waals surface area contributed by atoms with Crippen molar-refractivity contribution < 1.29 is 33.4 Å². The molecule has 0 spiro atoms. The van der Waals surface area contributed by atoms with Crippen molar-refractivity contribution in [3.63, 3.8) is 0 Å². The van der Waals surface area contributed by atoms with E-state index in [2.05, 4.69) is 10.2 Å². The van der Waals surface area contributed by atoms with Gasteiger partial charge in [-0.25, -0.2) is 4.79 Å². The second-order valence-corrected chi connectivity index (χ2v) is 11.6. The van der Waals surface area contributed by atoms with E-state index in [-0.39, 0.29) is 34.6 Å². The highest BCUT2D eigenvalue weighted by molar-refractivity contribution is 6.14. The highest BCUT2D eigenvalue weighted by Gasteiger charge is 2.40. The van der Waals surface area contributed by atoms with Crippen molar-refractivity contribution in [3.8, 4) is 5.75 Å². The van der Waals surface area contributed by atoms with Crippen LogP contribution in [-0.2, 0) is 11.2 Å². The van der Waals surface area contributed by atoms with Crippen LogP contribution in [0.1, 0.15) is 60.6 Å². The lowest BCUT2D eigenvalue weighted by atomic mass is 9.75. The Morgan fingerprint density at radius 3 is 2.58 bits per heavy atom. The fourth-order valence-electron chi connectivity index (χ4n) is 5.53. The van der Waals surface area contributed by atoms with Gasteiger partial charge in [-0.1, -0.05) is 27.7 Å². The number of carbonyl (C=O) groups is 3. The Labute approximate surface area is 222 Å². The molecule has 2 aliphatic rings. The summed E-state index contributed by atoms with van der Waals surface area (Å²) in [6.07, 6.45) is 1.21. The largest absolute Gasteiger partial charge is 0.494 e. The number of fused-ring (bicyclic) bond motifs is 1. The first-order valence-electron chi connectivity index (χ1n) is 12.7. The SMILES string of the molecule is COCC1(C)CC(=O)c2c(C(=O)Nc3ccc(N4CCN(C(=O)O)C(C(C)(C)C)C4)cc3OC)coc2C1. The Hall–Kier alpha value is -3.53. The van der Waals surface area contributed by atoms with Gasteiger partial charge in [-0.15, -0.1) is 0 Å². The van der Waals surface area contributed by atoms with Gasteiger partial charge < -0.3 is 34.1 Å². The molecule has 10 heteroatoms. The summed E-state index contributed by atoms with van der Waals surface area (Å²) in [5.74, 6) is 0.371. The number of piperazine rings is 1. The molecule has 0 radical (unpaired) electrons. The van der Waals surface area contributed by atoms with E-state index in [0.29, 0.717) is 55.4 Å². The number of carboxylic acid groups (broad SMARTS) is 1. The van der Waals surface area contributed by atoms with Gasteiger partial charge in [0.1, 0.15) is 17.8 Å². The average molecular weight is 528 g/mol. The molecule has 1 aliphatic heterocycles. The third-order valence-corrected chi connectivity index (χ3v) is 7.48. The number of rotatable bonds is 6. The Kier molecular flexibility index (Phi) is 7.47. The van der Waals surface area contributed by atoms with Crippen molar-refractivity contribution in [1.82, 2.24) is 4.90 Å². The summed E-state index contributed by atoms with van der Waals surface area (Å²) < 4.78 is 16.5. The van der Waals surface area contributed by atoms with E-state index in [9.17, 15) is 19.5 Å². The van der Waals surface area contributed by atoms with Gasteiger partial charge >= 0.3 is 6.09 Å². The quantitative estimate of drug-likeness (QED) is 0.562. The van der Waals surface area contributed by atoms with Crippen molar-refractivity contribution in [3.05, 3.63) is 41.3 Å². The second-order valence-electron chi connectivity index (χ2n) is 11.6. The molecule has 2 N–H and O–H groups in total. The number of hydrogen-bond donors (Lipinski definition) is 2. The van der Waals surface area contributed by atoms with Gasteiger partial charge in [-0.3, -0.25) is 9.59 Å². The minimum Gasteiger partial charge on any atom is -0.494 e. The summed E-state index contributed by atoms with van der Waals surface area (Å²) in [6.45, 7) is 9.97. The standard InChI is InChI=1S/C28H37N3O7/c1-27(2,3)23-14-30(9-10-31(23)26(34)35)17-7-8-19(21(11-17)37-6)29-25(33)18-15-38-22-13-28(4,16-36-5)12-20(32)24(18)22/h7-8,11,15,23H,9-10,12-14,16H2,1-6H3,(H,29,33)(H,34,35). The van der Waals surface area contributed by atoms with E-state index < -0.39 is 12.0 Å². The zero-order chi connectivity index (χ0) is 27.8. The molecule has 0 bridgehead atoms. The number of ether oxygens (including phenoxy) is 2. The lowest BCUT2D eigenvalue weighted by Gasteiger charge is -2.46. The van der Waals surface area contributed by atoms with Crippen LogP contribution in [0.2, 0.25) is 0 Å². The van der Waals surface area contributed by atoms with Crippen LogP contribution in [0.5, 0.6) is 5.75 Å². The monoisotopic (exact) mass is 527 g/mol. The number of Topliss-reactive ketones (excluding diaryl/α,β-unsaturated/α-hetero) is 1. The Morgan fingerprint density at radius 1 is 1.21 bits per heavy atom. The first-order chi connectivity index (χ1) is 17.9. The van der Waals surface area contributed by atoms with Crippen LogP contribution in [0.15, 0.2) is 28.9 Å². The number of hydrogen-bond acceptors (Lipinski definition) is 7. The number of methoxy groups -OCH3 is 2. The van der Waals surface area contributed by atoms with Crippen LogP contribution in [0.4, 0.5) is 16.2 Å². The first-order valence-corrected chi connectivity index (χ1v) is 12.7. The normalized spacial score (nSPS) is 21.7. The summed E-state index contributed by atoms with van der Waals surface area (Å²) in [7, 11) is 3.12. The molecule has 2 amide bonds. The molecule has 1 aliphatic carbocycles. The second kappa shape index (κ2) is 10.3. The van der Waals surface area contributed by atoms with Crippen LogP contribution < -0.4 is 15.0 Å². The van der Waals surface area contributed by atoms with Gasteiger partial charge in [0.05, 0.1) is 36.6 Å². The van der Waals surface area contributed by atoms with Crippen molar-refractivity contribution in [2.75, 3.05) is 50.7 Å². The van der Waals surface area contributed by atoms with E-state index in [0.717, 1.165) is 5.69 Å². The fraction of sp³-hybridized carbons (Fsp3) is 0.536. The third kappa shape index (κ3) is 5.36. The summed E-state index contributed by atoms with van der Waals surface area (Å²) in [4.78, 5) is 41.6. The van der Waals surface area contributed by atoms with Crippen LogP contribution in [-0.4, -0.2) is 74.3 Å². The molecule has 1 aromatic carbocycles. The van der Waals surface area contributed by atoms with Crippen LogP contribution in [0.25, 0.3) is 0 Å². The maximum atomic E-state index is 13.2. The number of amides is 2. The summed E-state index contributed by atoms with van der Waals surface area (Å²) in [5.41, 5.74) is 1.25. The molecule has 2 heterocycles. The van der Waals surface area contributed by atoms with Gasteiger partial charge in [0, 0.05) is 56.8 Å². The maximum Gasteiger partial charge on any atom is 0.407 e. The number of ketones is 1. The molecule has 2 unspecified atom stereocenters. The number of benzene rings is 1. The van der Waals surface area contributed by atoms with Crippen molar-refractivity contribution >= 4 is 29.2 Å². The molecule has 10 nitrogen and oxygen atoms in total. The van der Waals surface area contributed by atoms with E-state index in [4.69, 9.17) is 13.9 Å². The molecule has 1 aromatic heterocycles. The van der Waals surface area contributed by atoms with Gasteiger partial charge in [-0.05, 0) is 17.5 Å². The smallest absolute Gasteiger partial charge is 0.407 e. The van der Waals surface area contributed by atoms with Gasteiger partial charge in [0.15, 0.2) is 5.78 Å². The molecular formula is C28H37N3O7. The first kappa shape index (κ1) is 27.5. The van der Waals surface area contributed by atoms with E-state index in [1.165, 1.54) is 18.3 Å². The predicted octanol–water partition coefficient (Wildman–Crippen LogP) is 4.54. The van der Waals surface area contributed by atoms with Gasteiger partial charge in [0.2, 0.25) is 0 Å². The predicted molar refractivity (Wildman–Crippen MR) is 142 cm³/mol. The van der Waals surface area contributed by atoms with Crippen molar-refractivity contribution in [1.29, 1.82) is 0 Å². The zero-order valence-corrected chi connectivity index (χ0v) is 22.9. The minimum absolute atomic E-state index is 0.138. The van der Waals surface area contributed by atoms with Gasteiger partial charge in [0.25, 0.3) is 5.91 Å². The number of nitrogens with one attached hydrogen (secondary N) is 1. The maximum absolute atomic E-state index is 13.2. The third-order valence-electron chi connectivity index (χ3n) is 7.48. The van der Waals surface area contributed by atoms with Crippen molar-refractivity contribution in [2.45, 2.75) is 46.6 Å². The van der Waals surface area contributed by atoms with Crippen LogP contribution >= 0.6 is 0 Å². The molecule has 1 fully saturated rings. The molecule has 2 aromatic rings. The molecule has 38 heavy (non-hydrogen) atoms. The molecule has 0 saturated carbocycles. The topological polar surface area (TPSA) is 122 Å². The molecule has 1 saturated heterocycles. The van der Waals surface area contributed by atoms with E-state index in [1.807, 2.05) is 39.8 Å². The molecular weight excluding hydrogens is 490 g/mol. The highest BCUT2D eigenvalue weighted by Crippen LogP contribution is 2.39. The minimum atomic E-state index is -0.913. The van der Waals surface area contributed by atoms with Crippen LogP contribution in [0.3, 0.4) is 0 Å². The summed E-state index contributed by atoms with van der Waals surface area (Å²) >= 11 is 0. The number of anilines is 2. The Balaban J connectivity index is 1.53. The van der Waals surface area contributed by atoms with Gasteiger partial charge in [-0.2, -0.15) is 0 Å². The molecule has 2 atom stereocenters. The number of furan rings is 1. The molecule has 206 valence electrons. The zero-order valence-electron chi connectivity index (χ0n) is 22.9. The Bertz CT molecular complexity index is 1230. The average Bonchev–Trinajstić information content (AvgIpc) is 3.27. The number of carbonyl (C=O) groups excluding carboxylic acids is 2. The lowest BCUT2D eigenvalue weighted by molar-refractivity contribution is 0.0619. The van der Waals surface area contributed by atoms with E-state index >= 15 is 0 Å². The van der Waals surface area contributed by atoms with Crippen molar-refractivity contribution in [2.24, 2.45) is 10.8 Å². The highest BCUT2D eigenvalue weighted by atomic mass is 16.5. The lowest BCUT2D eigenvalue weighted by Crippen LogP contribution is -2.59. The fourth-order valence-corrected chi connectivity index (χ4v) is 5.53. The number of nitrogens with zero attached hydrogens (tertiary/aromatic N) is 2. The summed E-state index contributed by atoms with van der Waals surface area (Å²) in [5, 5.41) is 12.5. The Morgan fingerprint density at radius 2 is 1.95 bits per heavy atom. The van der Waals surface area contributed by atoms with E-state index in [1.54, 1.807) is 13.2 Å². The molecule has 4 rings (SSSR count). The summed E-state index contributed by atoms with van der Waals surface area (Å²) in [6, 6.07) is 5.28. The van der Waals surface area contributed by atoms with Crippen LogP contribution in [0, 0.1) is 10.8 Å².